The van der Waals surface area contributed by atoms with Crippen LogP contribution in [0.3, 0.4) is 0 Å². The molecular weight excluding hydrogens is 301 g/mol. The van der Waals surface area contributed by atoms with Gasteiger partial charge >= 0.3 is 0 Å². The van der Waals surface area contributed by atoms with Gasteiger partial charge in [0, 0.05) is 17.1 Å². The molecule has 100 valence electrons. The van der Waals surface area contributed by atoms with E-state index in [1.165, 1.54) is 12.1 Å². The van der Waals surface area contributed by atoms with Crippen LogP contribution in [0.1, 0.15) is 30.6 Å². The molecule has 0 bridgehead atoms. The van der Waals surface area contributed by atoms with E-state index in [0.29, 0.717) is 10.9 Å². The van der Waals surface area contributed by atoms with Crippen molar-refractivity contribution in [1.82, 2.24) is 5.32 Å². The number of carbonyl (C=O) groups is 1. The van der Waals surface area contributed by atoms with Crippen LogP contribution in [0, 0.1) is 11.7 Å². The van der Waals surface area contributed by atoms with Crippen LogP contribution in [0.4, 0.5) is 4.39 Å². The van der Waals surface area contributed by atoms with Gasteiger partial charge in [-0.05, 0) is 30.5 Å². The number of amides is 1. The number of hydrogen-bond donors (Lipinski definition) is 2. The van der Waals surface area contributed by atoms with E-state index >= 15 is 0 Å². The molecule has 0 heterocycles. The zero-order valence-corrected chi connectivity index (χ0v) is 12.0. The maximum Gasteiger partial charge on any atom is 0.254 e. The van der Waals surface area contributed by atoms with Crippen LogP contribution < -0.4 is 5.32 Å². The Hall–Kier alpha value is -0.940. The first-order valence-electron chi connectivity index (χ1n) is 5.82. The van der Waals surface area contributed by atoms with Crippen LogP contribution in [-0.4, -0.2) is 23.7 Å². The van der Waals surface area contributed by atoms with Crippen molar-refractivity contribution in [1.29, 1.82) is 0 Å². The van der Waals surface area contributed by atoms with Crippen molar-refractivity contribution in [3.05, 3.63) is 34.1 Å². The standard InChI is InChI=1S/C13H17BrFNO2/c1-8(2)12(5-6-17)16-13(18)10-4-3-9(14)7-11(10)15/h3-4,7-8,12,17H,5-6H2,1-2H3,(H,16,18). The Kier molecular flexibility index (Phi) is 5.75. The quantitative estimate of drug-likeness (QED) is 0.877. The summed E-state index contributed by atoms with van der Waals surface area (Å²) in [7, 11) is 0. The molecule has 0 aliphatic heterocycles. The third-order valence-electron chi connectivity index (χ3n) is 2.74. The highest BCUT2D eigenvalue weighted by atomic mass is 79.9. The molecule has 0 aliphatic carbocycles. The zero-order chi connectivity index (χ0) is 13.7. The SMILES string of the molecule is CC(C)C(CCO)NC(=O)c1ccc(Br)cc1F. The topological polar surface area (TPSA) is 49.3 Å². The minimum absolute atomic E-state index is 0.00799. The summed E-state index contributed by atoms with van der Waals surface area (Å²) in [6, 6.07) is 4.15. The largest absolute Gasteiger partial charge is 0.396 e. The lowest BCUT2D eigenvalue weighted by Crippen LogP contribution is -2.39. The van der Waals surface area contributed by atoms with Gasteiger partial charge in [-0.1, -0.05) is 29.8 Å². The average molecular weight is 318 g/mol. The summed E-state index contributed by atoms with van der Waals surface area (Å²) in [6.45, 7) is 3.88. The van der Waals surface area contributed by atoms with E-state index in [0.717, 1.165) is 0 Å². The third-order valence-corrected chi connectivity index (χ3v) is 3.23. The van der Waals surface area contributed by atoms with E-state index in [-0.39, 0.29) is 24.1 Å². The number of hydrogen-bond acceptors (Lipinski definition) is 2. The molecular formula is C13H17BrFNO2. The number of rotatable bonds is 5. The van der Waals surface area contributed by atoms with Crippen molar-refractivity contribution in [2.24, 2.45) is 5.92 Å². The molecule has 5 heteroatoms. The molecule has 0 aromatic heterocycles. The molecule has 0 aliphatic rings. The molecule has 1 amide bonds. The zero-order valence-electron chi connectivity index (χ0n) is 10.4. The van der Waals surface area contributed by atoms with Gasteiger partial charge in [-0.2, -0.15) is 0 Å². The summed E-state index contributed by atoms with van der Waals surface area (Å²) in [5.74, 6) is -0.833. The summed E-state index contributed by atoms with van der Waals surface area (Å²) >= 11 is 3.14. The van der Waals surface area contributed by atoms with Crippen molar-refractivity contribution in [3.8, 4) is 0 Å². The van der Waals surface area contributed by atoms with Crippen molar-refractivity contribution < 1.29 is 14.3 Å². The first-order chi connectivity index (χ1) is 8.45. The predicted molar refractivity (Wildman–Crippen MR) is 71.9 cm³/mol. The first kappa shape index (κ1) is 15.1. The van der Waals surface area contributed by atoms with Gasteiger partial charge in [0.1, 0.15) is 5.82 Å². The Balaban J connectivity index is 2.80. The molecule has 0 saturated heterocycles. The van der Waals surface area contributed by atoms with Gasteiger partial charge in [-0.3, -0.25) is 4.79 Å². The fraction of sp³-hybridized carbons (Fsp3) is 0.462. The number of aliphatic hydroxyl groups is 1. The normalized spacial score (nSPS) is 12.6. The molecule has 0 spiro atoms. The molecule has 1 unspecified atom stereocenters. The van der Waals surface area contributed by atoms with E-state index in [9.17, 15) is 9.18 Å². The van der Waals surface area contributed by atoms with Gasteiger partial charge in [-0.15, -0.1) is 0 Å². The highest BCUT2D eigenvalue weighted by Crippen LogP contribution is 2.16. The lowest BCUT2D eigenvalue weighted by Gasteiger charge is -2.21. The number of halogens is 2. The Morgan fingerprint density at radius 3 is 2.67 bits per heavy atom. The van der Waals surface area contributed by atoms with Crippen LogP contribution >= 0.6 is 15.9 Å². The van der Waals surface area contributed by atoms with Gasteiger partial charge < -0.3 is 10.4 Å². The Morgan fingerprint density at radius 1 is 1.50 bits per heavy atom. The monoisotopic (exact) mass is 317 g/mol. The van der Waals surface area contributed by atoms with E-state index in [4.69, 9.17) is 5.11 Å². The van der Waals surface area contributed by atoms with E-state index in [1.54, 1.807) is 6.07 Å². The highest BCUT2D eigenvalue weighted by molar-refractivity contribution is 9.10. The summed E-state index contributed by atoms with van der Waals surface area (Å²) < 4.78 is 14.2. The first-order valence-corrected chi connectivity index (χ1v) is 6.61. The minimum Gasteiger partial charge on any atom is -0.396 e. The molecule has 0 fully saturated rings. The smallest absolute Gasteiger partial charge is 0.254 e. The van der Waals surface area contributed by atoms with Gasteiger partial charge in [0.15, 0.2) is 0 Å². The Bertz CT molecular complexity index is 423. The summed E-state index contributed by atoms with van der Waals surface area (Å²) in [5.41, 5.74) is 0.0155. The molecule has 1 aromatic carbocycles. The molecule has 1 rings (SSSR count). The molecule has 1 atom stereocenters. The molecule has 18 heavy (non-hydrogen) atoms. The van der Waals surface area contributed by atoms with E-state index < -0.39 is 11.7 Å². The van der Waals surface area contributed by atoms with E-state index in [2.05, 4.69) is 21.2 Å². The van der Waals surface area contributed by atoms with Crippen LogP contribution in [0.5, 0.6) is 0 Å². The lowest BCUT2D eigenvalue weighted by molar-refractivity contribution is 0.0912. The van der Waals surface area contributed by atoms with Gasteiger partial charge in [-0.25, -0.2) is 4.39 Å². The van der Waals surface area contributed by atoms with Crippen LogP contribution in [-0.2, 0) is 0 Å². The van der Waals surface area contributed by atoms with E-state index in [1.807, 2.05) is 13.8 Å². The third kappa shape index (κ3) is 4.07. The summed E-state index contributed by atoms with van der Waals surface area (Å²) in [5, 5.41) is 11.7. The molecule has 0 radical (unpaired) electrons. The maximum absolute atomic E-state index is 13.6. The number of nitrogens with one attached hydrogen (secondary N) is 1. The van der Waals surface area contributed by atoms with Crippen molar-refractivity contribution in [3.63, 3.8) is 0 Å². The number of benzene rings is 1. The fourth-order valence-corrected chi connectivity index (χ4v) is 1.96. The van der Waals surface area contributed by atoms with Crippen molar-refractivity contribution in [2.75, 3.05) is 6.61 Å². The fourth-order valence-electron chi connectivity index (χ4n) is 1.63. The molecule has 0 saturated carbocycles. The van der Waals surface area contributed by atoms with Crippen LogP contribution in [0.2, 0.25) is 0 Å². The lowest BCUT2D eigenvalue weighted by atomic mass is 10.0. The Morgan fingerprint density at radius 2 is 2.17 bits per heavy atom. The summed E-state index contributed by atoms with van der Waals surface area (Å²) in [4.78, 5) is 11.9. The number of carbonyl (C=O) groups excluding carboxylic acids is 1. The van der Waals surface area contributed by atoms with Crippen LogP contribution in [0.25, 0.3) is 0 Å². The molecule has 2 N–H and O–H groups in total. The molecule has 3 nitrogen and oxygen atoms in total. The average Bonchev–Trinajstić information content (AvgIpc) is 2.27. The highest BCUT2D eigenvalue weighted by Gasteiger charge is 2.18. The van der Waals surface area contributed by atoms with Crippen molar-refractivity contribution >= 4 is 21.8 Å². The van der Waals surface area contributed by atoms with Gasteiger partial charge in [0.25, 0.3) is 5.91 Å². The van der Waals surface area contributed by atoms with Crippen LogP contribution in [0.15, 0.2) is 22.7 Å². The van der Waals surface area contributed by atoms with Crippen molar-refractivity contribution in [2.45, 2.75) is 26.3 Å². The Labute approximate surface area is 115 Å². The van der Waals surface area contributed by atoms with Gasteiger partial charge in [0.2, 0.25) is 0 Å². The minimum atomic E-state index is -0.562. The second kappa shape index (κ2) is 6.85. The van der Waals surface area contributed by atoms with Gasteiger partial charge in [0.05, 0.1) is 5.56 Å². The summed E-state index contributed by atoms with van der Waals surface area (Å²) in [6.07, 6.45) is 0.460. The predicted octanol–water partition coefficient (Wildman–Crippen LogP) is 2.73. The second-order valence-corrected chi connectivity index (χ2v) is 5.38. The maximum atomic E-state index is 13.6. The second-order valence-electron chi connectivity index (χ2n) is 4.46. The number of aliphatic hydroxyl groups excluding tert-OH is 1. The molecule has 1 aromatic rings.